The Morgan fingerprint density at radius 2 is 1.65 bits per heavy atom. The molecule has 0 aromatic heterocycles. The fraction of sp³-hybridized carbons (Fsp3) is 0.300. The lowest BCUT2D eigenvalue weighted by molar-refractivity contribution is -0.149. The third kappa shape index (κ3) is 5.77. The van der Waals surface area contributed by atoms with Crippen LogP contribution in [0.25, 0.3) is 0 Å². The molecule has 1 amide bonds. The lowest BCUT2D eigenvalue weighted by atomic mass is 9.86. The summed E-state index contributed by atoms with van der Waals surface area (Å²) < 4.78 is 10.5. The molecule has 2 aromatic rings. The zero-order valence-corrected chi connectivity index (χ0v) is 15.8. The highest BCUT2D eigenvalue weighted by atomic mass is 35.5. The highest BCUT2D eigenvalue weighted by Gasteiger charge is 2.19. The van der Waals surface area contributed by atoms with Gasteiger partial charge >= 0.3 is 5.97 Å². The SMILES string of the molecule is CC(C)(C)c1ccccc1OCC(=O)OCC(=O)Nc1ccccc1Cl. The van der Waals surface area contributed by atoms with Gasteiger partial charge in [-0.1, -0.05) is 62.7 Å². The molecule has 0 bridgehead atoms. The average Bonchev–Trinajstić information content (AvgIpc) is 2.59. The minimum Gasteiger partial charge on any atom is -0.482 e. The van der Waals surface area contributed by atoms with Gasteiger partial charge in [-0.05, 0) is 29.2 Å². The smallest absolute Gasteiger partial charge is 0.344 e. The van der Waals surface area contributed by atoms with E-state index in [1.807, 2.05) is 18.2 Å². The number of esters is 1. The Labute approximate surface area is 158 Å². The number of halogens is 1. The van der Waals surface area contributed by atoms with Gasteiger partial charge < -0.3 is 14.8 Å². The number of carbonyl (C=O) groups excluding carboxylic acids is 2. The number of rotatable bonds is 6. The summed E-state index contributed by atoms with van der Waals surface area (Å²) in [4.78, 5) is 23.7. The number of nitrogens with one attached hydrogen (secondary N) is 1. The monoisotopic (exact) mass is 375 g/mol. The van der Waals surface area contributed by atoms with Crippen molar-refractivity contribution in [2.45, 2.75) is 26.2 Å². The van der Waals surface area contributed by atoms with Gasteiger partial charge in [0, 0.05) is 0 Å². The average molecular weight is 376 g/mol. The van der Waals surface area contributed by atoms with Crippen molar-refractivity contribution in [2.24, 2.45) is 0 Å². The Morgan fingerprint density at radius 1 is 1.00 bits per heavy atom. The van der Waals surface area contributed by atoms with Crippen molar-refractivity contribution in [2.75, 3.05) is 18.5 Å². The summed E-state index contributed by atoms with van der Waals surface area (Å²) >= 11 is 5.96. The van der Waals surface area contributed by atoms with Crippen molar-refractivity contribution in [3.8, 4) is 5.75 Å². The molecule has 0 unspecified atom stereocenters. The molecule has 26 heavy (non-hydrogen) atoms. The normalized spacial score (nSPS) is 10.9. The van der Waals surface area contributed by atoms with E-state index in [1.54, 1.807) is 30.3 Å². The van der Waals surface area contributed by atoms with E-state index < -0.39 is 18.5 Å². The summed E-state index contributed by atoms with van der Waals surface area (Å²) in [5, 5.41) is 2.99. The lowest BCUT2D eigenvalue weighted by Crippen LogP contribution is -2.24. The summed E-state index contributed by atoms with van der Waals surface area (Å²) in [5.41, 5.74) is 1.34. The molecule has 0 spiro atoms. The van der Waals surface area contributed by atoms with Crippen LogP contribution >= 0.6 is 11.6 Å². The number of amides is 1. The summed E-state index contributed by atoms with van der Waals surface area (Å²) in [6.45, 7) is 5.51. The van der Waals surface area contributed by atoms with Gasteiger partial charge in [-0.25, -0.2) is 4.79 Å². The zero-order chi connectivity index (χ0) is 19.2. The molecule has 0 aliphatic heterocycles. The van der Waals surface area contributed by atoms with Gasteiger partial charge in [0.25, 0.3) is 5.91 Å². The molecule has 2 rings (SSSR count). The maximum absolute atomic E-state index is 11.8. The molecule has 2 aromatic carbocycles. The highest BCUT2D eigenvalue weighted by Crippen LogP contribution is 2.30. The Balaban J connectivity index is 1.83. The van der Waals surface area contributed by atoms with Crippen molar-refractivity contribution in [3.05, 3.63) is 59.1 Å². The second kappa shape index (κ2) is 8.72. The number of anilines is 1. The summed E-state index contributed by atoms with van der Waals surface area (Å²) in [7, 11) is 0. The van der Waals surface area contributed by atoms with Crippen molar-refractivity contribution >= 4 is 29.2 Å². The first-order valence-corrected chi connectivity index (χ1v) is 8.57. The van der Waals surface area contributed by atoms with Crippen LogP contribution in [0.4, 0.5) is 5.69 Å². The van der Waals surface area contributed by atoms with Crippen LogP contribution in [0.3, 0.4) is 0 Å². The molecular formula is C20H22ClNO4. The maximum Gasteiger partial charge on any atom is 0.344 e. The van der Waals surface area contributed by atoms with Gasteiger partial charge in [-0.2, -0.15) is 0 Å². The van der Waals surface area contributed by atoms with Crippen LogP contribution in [-0.4, -0.2) is 25.1 Å². The molecule has 1 N–H and O–H groups in total. The number of benzene rings is 2. The second-order valence-electron chi connectivity index (χ2n) is 6.72. The van der Waals surface area contributed by atoms with E-state index in [9.17, 15) is 9.59 Å². The molecule has 5 nitrogen and oxygen atoms in total. The van der Waals surface area contributed by atoms with E-state index in [4.69, 9.17) is 21.1 Å². The minimum absolute atomic E-state index is 0.116. The van der Waals surface area contributed by atoms with Crippen LogP contribution in [0.15, 0.2) is 48.5 Å². The number of ether oxygens (including phenoxy) is 2. The van der Waals surface area contributed by atoms with E-state index in [0.29, 0.717) is 16.5 Å². The van der Waals surface area contributed by atoms with Crippen molar-refractivity contribution in [1.29, 1.82) is 0 Å². The molecular weight excluding hydrogens is 354 g/mol. The number of hydrogen-bond donors (Lipinski definition) is 1. The van der Waals surface area contributed by atoms with Crippen LogP contribution in [0.2, 0.25) is 5.02 Å². The largest absolute Gasteiger partial charge is 0.482 e. The van der Waals surface area contributed by atoms with Crippen LogP contribution < -0.4 is 10.1 Å². The third-order valence-electron chi connectivity index (χ3n) is 3.55. The molecule has 0 heterocycles. The maximum atomic E-state index is 11.8. The standard InChI is InChI=1S/C20H22ClNO4/c1-20(2,3)14-8-4-7-11-17(14)25-13-19(24)26-12-18(23)22-16-10-6-5-9-15(16)21/h4-11H,12-13H2,1-3H3,(H,22,23). The van der Waals surface area contributed by atoms with Gasteiger partial charge in [-0.3, -0.25) is 4.79 Å². The molecule has 6 heteroatoms. The molecule has 0 fully saturated rings. The predicted octanol–water partition coefficient (Wildman–Crippen LogP) is 4.20. The van der Waals surface area contributed by atoms with Crippen molar-refractivity contribution in [1.82, 2.24) is 0 Å². The Kier molecular flexibility index (Phi) is 6.64. The zero-order valence-electron chi connectivity index (χ0n) is 15.0. The fourth-order valence-electron chi connectivity index (χ4n) is 2.29. The minimum atomic E-state index is -0.622. The van der Waals surface area contributed by atoms with Crippen LogP contribution in [-0.2, 0) is 19.7 Å². The van der Waals surface area contributed by atoms with Gasteiger partial charge in [-0.15, -0.1) is 0 Å². The first kappa shape index (κ1) is 19.8. The van der Waals surface area contributed by atoms with Crippen molar-refractivity contribution < 1.29 is 19.1 Å². The van der Waals surface area contributed by atoms with E-state index in [-0.39, 0.29) is 12.0 Å². The van der Waals surface area contributed by atoms with Gasteiger partial charge in [0.1, 0.15) is 5.75 Å². The van der Waals surface area contributed by atoms with Gasteiger partial charge in [0.2, 0.25) is 0 Å². The second-order valence-corrected chi connectivity index (χ2v) is 7.13. The van der Waals surface area contributed by atoms with Crippen LogP contribution in [0.1, 0.15) is 26.3 Å². The number of hydrogen-bond acceptors (Lipinski definition) is 4. The third-order valence-corrected chi connectivity index (χ3v) is 3.88. The molecule has 0 atom stereocenters. The van der Waals surface area contributed by atoms with Crippen LogP contribution in [0, 0.1) is 0 Å². The summed E-state index contributed by atoms with van der Waals surface area (Å²) in [6, 6.07) is 14.3. The number of carbonyl (C=O) groups is 2. The van der Waals surface area contributed by atoms with E-state index in [1.165, 1.54) is 0 Å². The molecule has 0 aliphatic carbocycles. The topological polar surface area (TPSA) is 64.6 Å². The molecule has 0 saturated carbocycles. The van der Waals surface area contributed by atoms with Crippen molar-refractivity contribution in [3.63, 3.8) is 0 Å². The lowest BCUT2D eigenvalue weighted by Gasteiger charge is -2.22. The van der Waals surface area contributed by atoms with E-state index >= 15 is 0 Å². The van der Waals surface area contributed by atoms with Crippen LogP contribution in [0.5, 0.6) is 5.75 Å². The molecule has 0 aliphatic rings. The summed E-state index contributed by atoms with van der Waals surface area (Å²) in [6.07, 6.45) is 0. The fourth-order valence-corrected chi connectivity index (χ4v) is 2.47. The highest BCUT2D eigenvalue weighted by molar-refractivity contribution is 6.33. The first-order valence-electron chi connectivity index (χ1n) is 8.19. The quantitative estimate of drug-likeness (QED) is 0.768. The van der Waals surface area contributed by atoms with Gasteiger partial charge in [0.15, 0.2) is 13.2 Å². The summed E-state index contributed by atoms with van der Waals surface area (Å²) in [5.74, 6) is -0.470. The molecule has 0 saturated heterocycles. The Hall–Kier alpha value is -2.53. The predicted molar refractivity (Wildman–Crippen MR) is 102 cm³/mol. The molecule has 138 valence electrons. The first-order chi connectivity index (χ1) is 12.3. The Bertz CT molecular complexity index is 783. The Morgan fingerprint density at radius 3 is 2.35 bits per heavy atom. The molecule has 0 radical (unpaired) electrons. The number of para-hydroxylation sites is 2. The van der Waals surface area contributed by atoms with E-state index in [0.717, 1.165) is 5.56 Å². The van der Waals surface area contributed by atoms with E-state index in [2.05, 4.69) is 26.1 Å². The van der Waals surface area contributed by atoms with Gasteiger partial charge in [0.05, 0.1) is 10.7 Å².